The van der Waals surface area contributed by atoms with E-state index in [9.17, 15) is 0 Å². The number of hydrogen-bond acceptors (Lipinski definition) is 2. The van der Waals surface area contributed by atoms with Crippen LogP contribution >= 0.6 is 11.3 Å². The minimum Gasteiger partial charge on any atom is -0.253 e. The molecule has 0 N–H and O–H groups in total. The molecule has 0 fully saturated rings. The normalized spacial score (nSPS) is 10.5. The van der Waals surface area contributed by atoms with Crippen molar-refractivity contribution in [3.8, 4) is 0 Å². The maximum absolute atomic E-state index is 4.07. The highest BCUT2D eigenvalue weighted by Crippen LogP contribution is 2.12. The highest BCUT2D eigenvalue weighted by molar-refractivity contribution is 7.09. The zero-order chi connectivity index (χ0) is 9.36. The summed E-state index contributed by atoms with van der Waals surface area (Å²) in [6.45, 7) is 2.26. The van der Waals surface area contributed by atoms with Crippen molar-refractivity contribution < 1.29 is 0 Å². The van der Waals surface area contributed by atoms with E-state index in [4.69, 9.17) is 0 Å². The predicted octanol–water partition coefficient (Wildman–Crippen LogP) is 4.05. The number of rotatable bonds is 7. The topological polar surface area (TPSA) is 12.9 Å². The molecular formula is C11H19NS. The van der Waals surface area contributed by atoms with Gasteiger partial charge in [-0.05, 0) is 12.8 Å². The van der Waals surface area contributed by atoms with E-state index < -0.39 is 0 Å². The van der Waals surface area contributed by atoms with Gasteiger partial charge < -0.3 is 0 Å². The van der Waals surface area contributed by atoms with Crippen LogP contribution in [0.4, 0.5) is 0 Å². The molecule has 1 aromatic rings. The number of nitrogens with zero attached hydrogens (tertiary/aromatic N) is 1. The van der Waals surface area contributed by atoms with Crippen molar-refractivity contribution >= 4 is 11.3 Å². The summed E-state index contributed by atoms with van der Waals surface area (Å²) >= 11 is 1.78. The second-order valence-electron chi connectivity index (χ2n) is 3.49. The van der Waals surface area contributed by atoms with Gasteiger partial charge in [-0.3, -0.25) is 4.98 Å². The summed E-state index contributed by atoms with van der Waals surface area (Å²) in [6.07, 6.45) is 11.5. The quantitative estimate of drug-likeness (QED) is 0.601. The van der Waals surface area contributed by atoms with Gasteiger partial charge in [-0.25, -0.2) is 0 Å². The van der Waals surface area contributed by atoms with Crippen molar-refractivity contribution in [1.29, 1.82) is 0 Å². The molecule has 1 rings (SSSR count). The molecule has 1 heterocycles. The fraction of sp³-hybridized carbons (Fsp3) is 0.727. The van der Waals surface area contributed by atoms with E-state index in [1.165, 1.54) is 49.8 Å². The molecule has 13 heavy (non-hydrogen) atoms. The molecule has 0 aliphatic heterocycles. The largest absolute Gasteiger partial charge is 0.253 e. The highest BCUT2D eigenvalue weighted by atomic mass is 32.1. The van der Waals surface area contributed by atoms with Gasteiger partial charge in [0.15, 0.2) is 0 Å². The fourth-order valence-electron chi connectivity index (χ4n) is 1.45. The third-order valence-electron chi connectivity index (χ3n) is 2.26. The average Bonchev–Trinajstić information content (AvgIpc) is 2.63. The van der Waals surface area contributed by atoms with Crippen LogP contribution in [0.1, 0.15) is 50.3 Å². The third-order valence-corrected chi connectivity index (χ3v) is 3.10. The van der Waals surface area contributed by atoms with Gasteiger partial charge in [0.25, 0.3) is 0 Å². The van der Waals surface area contributed by atoms with Gasteiger partial charge >= 0.3 is 0 Å². The first-order valence-electron chi connectivity index (χ1n) is 5.31. The Kier molecular flexibility index (Phi) is 5.83. The first kappa shape index (κ1) is 10.7. The first-order chi connectivity index (χ1) is 6.43. The Morgan fingerprint density at radius 2 is 1.92 bits per heavy atom. The van der Waals surface area contributed by atoms with Gasteiger partial charge in [0.1, 0.15) is 0 Å². The Hall–Kier alpha value is -0.370. The standard InChI is InChI=1S/C11H19NS/c1-2-3-4-5-6-7-8-11-9-12-10-13-11/h9-10H,2-8H2,1H3. The van der Waals surface area contributed by atoms with Crippen LogP contribution in [-0.4, -0.2) is 4.98 Å². The predicted molar refractivity (Wildman–Crippen MR) is 59.2 cm³/mol. The minimum absolute atomic E-state index is 1.23. The SMILES string of the molecule is CCCCCCCCc1cncs1. The maximum Gasteiger partial charge on any atom is 0.0794 e. The first-order valence-corrected chi connectivity index (χ1v) is 6.19. The van der Waals surface area contributed by atoms with E-state index in [0.29, 0.717) is 0 Å². The Bertz CT molecular complexity index is 194. The van der Waals surface area contributed by atoms with Gasteiger partial charge in [-0.15, -0.1) is 11.3 Å². The second kappa shape index (κ2) is 7.07. The lowest BCUT2D eigenvalue weighted by atomic mass is 10.1. The summed E-state index contributed by atoms with van der Waals surface area (Å²) in [5, 5.41) is 0. The van der Waals surface area contributed by atoms with Crippen molar-refractivity contribution in [3.63, 3.8) is 0 Å². The molecule has 0 aliphatic carbocycles. The Morgan fingerprint density at radius 3 is 2.62 bits per heavy atom. The van der Waals surface area contributed by atoms with Crippen molar-refractivity contribution in [2.75, 3.05) is 0 Å². The molecule has 0 aliphatic rings. The highest BCUT2D eigenvalue weighted by Gasteiger charge is 1.94. The van der Waals surface area contributed by atoms with E-state index in [-0.39, 0.29) is 0 Å². The molecule has 0 aromatic carbocycles. The molecule has 0 amide bonds. The van der Waals surface area contributed by atoms with E-state index in [1.807, 2.05) is 11.7 Å². The average molecular weight is 197 g/mol. The summed E-state index contributed by atoms with van der Waals surface area (Å²) in [4.78, 5) is 5.51. The van der Waals surface area contributed by atoms with E-state index in [2.05, 4.69) is 11.9 Å². The van der Waals surface area contributed by atoms with Crippen molar-refractivity contribution in [3.05, 3.63) is 16.6 Å². The molecule has 1 aromatic heterocycles. The van der Waals surface area contributed by atoms with E-state index in [1.54, 1.807) is 11.3 Å². The molecule has 0 radical (unpaired) electrons. The van der Waals surface area contributed by atoms with Gasteiger partial charge in [0.05, 0.1) is 5.51 Å². The molecule has 0 saturated heterocycles. The number of unbranched alkanes of at least 4 members (excludes halogenated alkanes) is 5. The molecule has 0 atom stereocenters. The smallest absolute Gasteiger partial charge is 0.0794 e. The van der Waals surface area contributed by atoms with Crippen molar-refractivity contribution in [2.24, 2.45) is 0 Å². The number of aryl methyl sites for hydroxylation is 1. The Balaban J connectivity index is 1.90. The number of thiazole rings is 1. The molecule has 74 valence electrons. The van der Waals surface area contributed by atoms with Crippen LogP contribution in [0.3, 0.4) is 0 Å². The van der Waals surface area contributed by atoms with Gasteiger partial charge in [0.2, 0.25) is 0 Å². The maximum atomic E-state index is 4.07. The van der Waals surface area contributed by atoms with Gasteiger partial charge in [-0.2, -0.15) is 0 Å². The third kappa shape index (κ3) is 5.04. The van der Waals surface area contributed by atoms with Gasteiger partial charge in [-0.1, -0.05) is 39.0 Å². The second-order valence-corrected chi connectivity index (χ2v) is 4.46. The van der Waals surface area contributed by atoms with Crippen LogP contribution in [0.5, 0.6) is 0 Å². The molecule has 0 unspecified atom stereocenters. The Labute approximate surface area is 85.2 Å². The van der Waals surface area contributed by atoms with Crippen LogP contribution in [0.15, 0.2) is 11.7 Å². The monoisotopic (exact) mass is 197 g/mol. The number of aromatic nitrogens is 1. The lowest BCUT2D eigenvalue weighted by molar-refractivity contribution is 0.609. The molecule has 0 spiro atoms. The van der Waals surface area contributed by atoms with E-state index >= 15 is 0 Å². The summed E-state index contributed by atoms with van der Waals surface area (Å²) < 4.78 is 0. The molecule has 0 saturated carbocycles. The van der Waals surface area contributed by atoms with Crippen LogP contribution in [0.2, 0.25) is 0 Å². The molecular weight excluding hydrogens is 178 g/mol. The summed E-state index contributed by atoms with van der Waals surface area (Å²) in [5.74, 6) is 0. The van der Waals surface area contributed by atoms with Crippen LogP contribution in [0, 0.1) is 0 Å². The van der Waals surface area contributed by atoms with E-state index in [0.717, 1.165) is 0 Å². The summed E-state index contributed by atoms with van der Waals surface area (Å²) in [5.41, 5.74) is 1.92. The molecule has 0 bridgehead atoms. The Morgan fingerprint density at radius 1 is 1.15 bits per heavy atom. The van der Waals surface area contributed by atoms with Crippen LogP contribution in [-0.2, 0) is 6.42 Å². The van der Waals surface area contributed by atoms with Crippen LogP contribution in [0.25, 0.3) is 0 Å². The molecule has 2 heteroatoms. The lowest BCUT2D eigenvalue weighted by Gasteiger charge is -1.98. The number of hydrogen-bond donors (Lipinski definition) is 0. The van der Waals surface area contributed by atoms with Crippen molar-refractivity contribution in [2.45, 2.75) is 51.9 Å². The van der Waals surface area contributed by atoms with Gasteiger partial charge in [0, 0.05) is 11.1 Å². The summed E-state index contributed by atoms with van der Waals surface area (Å²) in [6, 6.07) is 0. The fourth-order valence-corrected chi connectivity index (χ4v) is 2.09. The van der Waals surface area contributed by atoms with Crippen molar-refractivity contribution in [1.82, 2.24) is 4.98 Å². The zero-order valence-corrected chi connectivity index (χ0v) is 9.28. The summed E-state index contributed by atoms with van der Waals surface area (Å²) in [7, 11) is 0. The minimum atomic E-state index is 1.23. The molecule has 1 nitrogen and oxygen atoms in total. The zero-order valence-electron chi connectivity index (χ0n) is 8.46. The lowest BCUT2D eigenvalue weighted by Crippen LogP contribution is -1.82. The van der Waals surface area contributed by atoms with Crippen LogP contribution < -0.4 is 0 Å².